The van der Waals surface area contributed by atoms with Crippen molar-refractivity contribution in [2.75, 3.05) is 10.0 Å². The molecule has 0 saturated carbocycles. The summed E-state index contributed by atoms with van der Waals surface area (Å²) < 4.78 is 28.0. The maximum Gasteiger partial charge on any atom is 0.271 e. The first-order chi connectivity index (χ1) is 9.87. The van der Waals surface area contributed by atoms with Crippen LogP contribution in [0.25, 0.3) is 0 Å². The van der Waals surface area contributed by atoms with Crippen molar-refractivity contribution in [3.8, 4) is 0 Å². The molecule has 1 atom stereocenters. The molecule has 0 saturated heterocycles. The van der Waals surface area contributed by atoms with Crippen molar-refractivity contribution in [1.29, 1.82) is 0 Å². The third-order valence-electron chi connectivity index (χ3n) is 3.23. The number of rotatable bonds is 3. The predicted molar refractivity (Wildman–Crippen MR) is 86.3 cm³/mol. The second-order valence-electron chi connectivity index (χ2n) is 4.68. The molecule has 8 heteroatoms. The van der Waals surface area contributed by atoms with E-state index < -0.39 is 10.0 Å². The molecule has 110 valence electrons. The van der Waals surface area contributed by atoms with Crippen molar-refractivity contribution in [1.82, 2.24) is 0 Å². The normalized spacial score (nSPS) is 17.4. The summed E-state index contributed by atoms with van der Waals surface area (Å²) in [6.07, 6.45) is 0. The van der Waals surface area contributed by atoms with Crippen molar-refractivity contribution in [2.45, 2.75) is 17.1 Å². The number of anilines is 2. The van der Waals surface area contributed by atoms with Gasteiger partial charge in [0.2, 0.25) is 5.91 Å². The molecule has 1 aromatic heterocycles. The summed E-state index contributed by atoms with van der Waals surface area (Å²) in [5, 5.41) is 2.75. The molecule has 5 nitrogen and oxygen atoms in total. The molecule has 1 unspecified atom stereocenters. The van der Waals surface area contributed by atoms with Gasteiger partial charge >= 0.3 is 0 Å². The van der Waals surface area contributed by atoms with Gasteiger partial charge in [-0.05, 0) is 58.7 Å². The Bertz CT molecular complexity index is 830. The van der Waals surface area contributed by atoms with E-state index in [0.29, 0.717) is 5.69 Å². The SMILES string of the molecule is CC1C(=O)Nc2ccc(NS(=O)(=O)c3ccc(Br)s3)cc21. The highest BCUT2D eigenvalue weighted by atomic mass is 79.9. The summed E-state index contributed by atoms with van der Waals surface area (Å²) in [6, 6.07) is 8.26. The maximum absolute atomic E-state index is 12.3. The van der Waals surface area contributed by atoms with Crippen LogP contribution >= 0.6 is 27.3 Å². The lowest BCUT2D eigenvalue weighted by atomic mass is 10.0. The van der Waals surface area contributed by atoms with Gasteiger partial charge in [0.25, 0.3) is 10.0 Å². The summed E-state index contributed by atoms with van der Waals surface area (Å²) in [5.41, 5.74) is 1.98. The number of fused-ring (bicyclic) bond motifs is 1. The zero-order valence-corrected chi connectivity index (χ0v) is 14.1. The van der Waals surface area contributed by atoms with Crippen LogP contribution in [0.2, 0.25) is 0 Å². The summed E-state index contributed by atoms with van der Waals surface area (Å²) in [7, 11) is -3.61. The van der Waals surface area contributed by atoms with Gasteiger partial charge < -0.3 is 5.32 Å². The largest absolute Gasteiger partial charge is 0.325 e. The molecule has 0 spiro atoms. The Hall–Kier alpha value is -1.38. The van der Waals surface area contributed by atoms with Gasteiger partial charge in [0.05, 0.1) is 9.70 Å². The van der Waals surface area contributed by atoms with E-state index in [9.17, 15) is 13.2 Å². The Morgan fingerprint density at radius 3 is 2.71 bits per heavy atom. The topological polar surface area (TPSA) is 75.3 Å². The van der Waals surface area contributed by atoms with Crippen LogP contribution in [0, 0.1) is 0 Å². The molecule has 0 fully saturated rings. The van der Waals surface area contributed by atoms with Crippen LogP contribution in [0.3, 0.4) is 0 Å². The predicted octanol–water partition coefficient (Wildman–Crippen LogP) is 3.37. The number of hydrogen-bond donors (Lipinski definition) is 2. The van der Waals surface area contributed by atoms with Gasteiger partial charge in [0.15, 0.2) is 0 Å². The average Bonchev–Trinajstić information content (AvgIpc) is 2.96. The monoisotopic (exact) mass is 386 g/mol. The molecule has 1 aliphatic rings. The van der Waals surface area contributed by atoms with E-state index in [4.69, 9.17) is 0 Å². The smallest absolute Gasteiger partial charge is 0.271 e. The number of hydrogen-bond acceptors (Lipinski definition) is 4. The maximum atomic E-state index is 12.3. The van der Waals surface area contributed by atoms with Gasteiger partial charge in [-0.3, -0.25) is 9.52 Å². The first-order valence-corrected chi connectivity index (χ1v) is 9.19. The molecule has 21 heavy (non-hydrogen) atoms. The second-order valence-corrected chi connectivity index (χ2v) is 9.05. The molecule has 0 aliphatic carbocycles. The van der Waals surface area contributed by atoms with Crippen LogP contribution in [-0.4, -0.2) is 14.3 Å². The fourth-order valence-electron chi connectivity index (χ4n) is 2.13. The number of sulfonamides is 1. The van der Waals surface area contributed by atoms with Crippen LogP contribution in [0.1, 0.15) is 18.4 Å². The summed E-state index contributed by atoms with van der Waals surface area (Å²) in [5.74, 6) is -0.354. The Kier molecular flexibility index (Phi) is 3.54. The van der Waals surface area contributed by atoms with Crippen LogP contribution < -0.4 is 10.0 Å². The lowest BCUT2D eigenvalue weighted by Gasteiger charge is -2.08. The van der Waals surface area contributed by atoms with Gasteiger partial charge in [-0.1, -0.05) is 0 Å². The summed E-state index contributed by atoms with van der Waals surface area (Å²) in [4.78, 5) is 11.6. The molecule has 2 heterocycles. The first kappa shape index (κ1) is 14.6. The zero-order valence-electron chi connectivity index (χ0n) is 10.9. The Morgan fingerprint density at radius 2 is 2.05 bits per heavy atom. The number of benzene rings is 1. The molecule has 1 aliphatic heterocycles. The van der Waals surface area contributed by atoms with Crippen molar-refractivity contribution in [2.24, 2.45) is 0 Å². The van der Waals surface area contributed by atoms with Gasteiger partial charge in [-0.15, -0.1) is 11.3 Å². The quantitative estimate of drug-likeness (QED) is 0.848. The molecule has 0 bridgehead atoms. The fraction of sp³-hybridized carbons (Fsp3) is 0.154. The molecule has 3 rings (SSSR count). The van der Waals surface area contributed by atoms with Crippen LogP contribution in [-0.2, 0) is 14.8 Å². The molecule has 1 aromatic carbocycles. The van der Waals surface area contributed by atoms with Crippen LogP contribution in [0.5, 0.6) is 0 Å². The second kappa shape index (κ2) is 5.11. The van der Waals surface area contributed by atoms with Crippen molar-refractivity contribution in [3.63, 3.8) is 0 Å². The minimum atomic E-state index is -3.61. The van der Waals surface area contributed by atoms with Crippen molar-refractivity contribution in [3.05, 3.63) is 39.7 Å². The minimum Gasteiger partial charge on any atom is -0.325 e. The Balaban J connectivity index is 1.91. The minimum absolute atomic E-state index is 0.0767. The highest BCUT2D eigenvalue weighted by Crippen LogP contribution is 2.35. The number of amides is 1. The van der Waals surface area contributed by atoms with Crippen molar-refractivity contribution < 1.29 is 13.2 Å². The first-order valence-electron chi connectivity index (χ1n) is 6.10. The lowest BCUT2D eigenvalue weighted by molar-refractivity contribution is -0.116. The molecule has 2 N–H and O–H groups in total. The van der Waals surface area contributed by atoms with E-state index in [1.54, 1.807) is 31.2 Å². The summed E-state index contributed by atoms with van der Waals surface area (Å²) >= 11 is 4.39. The number of nitrogens with one attached hydrogen (secondary N) is 2. The lowest BCUT2D eigenvalue weighted by Crippen LogP contribution is -2.11. The number of halogens is 1. The fourth-order valence-corrected chi connectivity index (χ4v) is 5.19. The van der Waals surface area contributed by atoms with E-state index in [2.05, 4.69) is 26.0 Å². The molecule has 0 radical (unpaired) electrons. The van der Waals surface area contributed by atoms with Gasteiger partial charge in [-0.2, -0.15) is 0 Å². The van der Waals surface area contributed by atoms with Crippen LogP contribution in [0.4, 0.5) is 11.4 Å². The van der Waals surface area contributed by atoms with Gasteiger partial charge in [-0.25, -0.2) is 8.42 Å². The third kappa shape index (κ3) is 2.70. The highest BCUT2D eigenvalue weighted by Gasteiger charge is 2.27. The van der Waals surface area contributed by atoms with Gasteiger partial charge in [0.1, 0.15) is 4.21 Å². The van der Waals surface area contributed by atoms with Crippen LogP contribution in [0.15, 0.2) is 38.3 Å². The standard InChI is InChI=1S/C13H11BrN2O3S2/c1-7-9-6-8(2-3-10(9)15-13(7)17)16-21(18,19)12-5-4-11(14)20-12/h2-7,16H,1H3,(H,15,17). The Morgan fingerprint density at radius 1 is 1.29 bits per heavy atom. The highest BCUT2D eigenvalue weighted by molar-refractivity contribution is 9.11. The van der Waals surface area contributed by atoms with E-state index >= 15 is 0 Å². The molecular formula is C13H11BrN2O3S2. The Labute approximate surface area is 134 Å². The number of carbonyl (C=O) groups excluding carboxylic acids is 1. The molecule has 1 amide bonds. The number of thiophene rings is 1. The van der Waals surface area contributed by atoms with E-state index in [-0.39, 0.29) is 16.0 Å². The number of carbonyl (C=O) groups is 1. The van der Waals surface area contributed by atoms with Crippen molar-refractivity contribution >= 4 is 54.6 Å². The third-order valence-corrected chi connectivity index (χ3v) is 6.73. The molecule has 2 aromatic rings. The van der Waals surface area contributed by atoms with E-state index in [1.807, 2.05) is 0 Å². The average molecular weight is 387 g/mol. The van der Waals surface area contributed by atoms with E-state index in [0.717, 1.165) is 26.4 Å². The van der Waals surface area contributed by atoms with E-state index in [1.165, 1.54) is 6.07 Å². The summed E-state index contributed by atoms with van der Waals surface area (Å²) in [6.45, 7) is 1.79. The zero-order chi connectivity index (χ0) is 15.2. The molecular weight excluding hydrogens is 376 g/mol. The van der Waals surface area contributed by atoms with Gasteiger partial charge in [0, 0.05) is 11.4 Å².